The molecule has 6 nitrogen and oxygen atoms in total. The molecule has 21 heavy (non-hydrogen) atoms. The summed E-state index contributed by atoms with van der Waals surface area (Å²) in [6.07, 6.45) is 3.42. The standard InChI is InChI=1S/C15H22N4O2/c1-3-11(2)17-15(18-13-6-7-13)16-10-12-4-8-14(9-5-12)19(20)21/h4-5,8-9,11,13H,3,6-7,10H2,1-2H3,(H2,16,17,18). The second kappa shape index (κ2) is 7.06. The fourth-order valence-corrected chi connectivity index (χ4v) is 1.78. The Balaban J connectivity index is 1.98. The van der Waals surface area contributed by atoms with E-state index in [4.69, 9.17) is 0 Å². The van der Waals surface area contributed by atoms with Crippen molar-refractivity contribution < 1.29 is 4.92 Å². The highest BCUT2D eigenvalue weighted by Crippen LogP contribution is 2.18. The van der Waals surface area contributed by atoms with Gasteiger partial charge in [-0.3, -0.25) is 10.1 Å². The first-order valence-corrected chi connectivity index (χ1v) is 7.39. The lowest BCUT2D eigenvalue weighted by molar-refractivity contribution is -0.384. The number of rotatable bonds is 6. The Morgan fingerprint density at radius 2 is 2.10 bits per heavy atom. The number of hydrogen-bond donors (Lipinski definition) is 2. The van der Waals surface area contributed by atoms with E-state index >= 15 is 0 Å². The van der Waals surface area contributed by atoms with Gasteiger partial charge in [-0.25, -0.2) is 4.99 Å². The SMILES string of the molecule is CCC(C)NC(=NCc1ccc([N+](=O)[O-])cc1)NC1CC1. The van der Waals surface area contributed by atoms with Gasteiger partial charge in [0.1, 0.15) is 0 Å². The molecule has 0 bridgehead atoms. The minimum Gasteiger partial charge on any atom is -0.354 e. The van der Waals surface area contributed by atoms with Crippen molar-refractivity contribution in [3.8, 4) is 0 Å². The Morgan fingerprint density at radius 1 is 1.43 bits per heavy atom. The van der Waals surface area contributed by atoms with Gasteiger partial charge < -0.3 is 10.6 Å². The summed E-state index contributed by atoms with van der Waals surface area (Å²) in [5.41, 5.74) is 1.07. The van der Waals surface area contributed by atoms with Crippen molar-refractivity contribution in [1.82, 2.24) is 10.6 Å². The van der Waals surface area contributed by atoms with E-state index in [2.05, 4.69) is 29.5 Å². The zero-order chi connectivity index (χ0) is 15.2. The molecule has 0 spiro atoms. The van der Waals surface area contributed by atoms with Crippen molar-refractivity contribution in [2.24, 2.45) is 4.99 Å². The molecule has 1 aromatic carbocycles. The van der Waals surface area contributed by atoms with E-state index in [1.165, 1.54) is 25.0 Å². The number of benzene rings is 1. The van der Waals surface area contributed by atoms with Crippen LogP contribution in [0.25, 0.3) is 0 Å². The maximum absolute atomic E-state index is 10.6. The third-order valence-corrected chi connectivity index (χ3v) is 3.48. The molecule has 2 rings (SSSR count). The normalized spacial score (nSPS) is 16.4. The number of guanidine groups is 1. The van der Waals surface area contributed by atoms with Crippen LogP contribution in [-0.2, 0) is 6.54 Å². The summed E-state index contributed by atoms with van der Waals surface area (Å²) in [5, 5.41) is 17.4. The van der Waals surface area contributed by atoms with Crippen LogP contribution in [0.3, 0.4) is 0 Å². The average Bonchev–Trinajstić information content (AvgIpc) is 3.29. The Hall–Kier alpha value is -2.11. The molecule has 0 amide bonds. The van der Waals surface area contributed by atoms with Gasteiger partial charge in [0.25, 0.3) is 5.69 Å². The molecule has 0 aromatic heterocycles. The minimum atomic E-state index is -0.391. The van der Waals surface area contributed by atoms with Crippen molar-refractivity contribution in [2.75, 3.05) is 0 Å². The van der Waals surface area contributed by atoms with Crippen LogP contribution in [0.15, 0.2) is 29.3 Å². The quantitative estimate of drug-likeness (QED) is 0.365. The Kier molecular flexibility index (Phi) is 5.14. The monoisotopic (exact) mass is 290 g/mol. The molecule has 114 valence electrons. The number of aliphatic imine (C=N–C) groups is 1. The van der Waals surface area contributed by atoms with Crippen molar-refractivity contribution >= 4 is 11.6 Å². The van der Waals surface area contributed by atoms with Crippen LogP contribution >= 0.6 is 0 Å². The highest BCUT2D eigenvalue weighted by Gasteiger charge is 2.22. The molecule has 0 saturated heterocycles. The summed E-state index contributed by atoms with van der Waals surface area (Å²) in [5.74, 6) is 0.824. The predicted octanol–water partition coefficient (Wildman–Crippen LogP) is 2.59. The molecule has 0 radical (unpaired) electrons. The number of hydrogen-bond acceptors (Lipinski definition) is 3. The van der Waals surface area contributed by atoms with E-state index in [-0.39, 0.29) is 5.69 Å². The summed E-state index contributed by atoms with van der Waals surface area (Å²) in [7, 11) is 0. The van der Waals surface area contributed by atoms with E-state index in [1.54, 1.807) is 12.1 Å². The molecule has 1 fully saturated rings. The van der Waals surface area contributed by atoms with E-state index in [0.717, 1.165) is 17.9 Å². The van der Waals surface area contributed by atoms with Gasteiger partial charge in [-0.1, -0.05) is 19.1 Å². The van der Waals surface area contributed by atoms with Gasteiger partial charge in [-0.2, -0.15) is 0 Å². The zero-order valence-corrected chi connectivity index (χ0v) is 12.5. The van der Waals surface area contributed by atoms with Crippen molar-refractivity contribution in [3.63, 3.8) is 0 Å². The number of nitro benzene ring substituents is 1. The van der Waals surface area contributed by atoms with Gasteiger partial charge in [-0.05, 0) is 31.7 Å². The first-order valence-electron chi connectivity index (χ1n) is 7.39. The lowest BCUT2D eigenvalue weighted by Crippen LogP contribution is -2.43. The third-order valence-electron chi connectivity index (χ3n) is 3.48. The highest BCUT2D eigenvalue weighted by molar-refractivity contribution is 5.80. The molecule has 1 aromatic rings. The molecule has 1 aliphatic rings. The van der Waals surface area contributed by atoms with E-state index in [0.29, 0.717) is 18.6 Å². The average molecular weight is 290 g/mol. The molecule has 1 atom stereocenters. The second-order valence-electron chi connectivity index (χ2n) is 5.46. The van der Waals surface area contributed by atoms with Crippen LogP contribution in [0.4, 0.5) is 5.69 Å². The lowest BCUT2D eigenvalue weighted by Gasteiger charge is -2.16. The topological polar surface area (TPSA) is 79.6 Å². The van der Waals surface area contributed by atoms with Crippen LogP contribution < -0.4 is 10.6 Å². The van der Waals surface area contributed by atoms with Crippen LogP contribution in [0.1, 0.15) is 38.7 Å². The van der Waals surface area contributed by atoms with Gasteiger partial charge in [0.05, 0.1) is 11.5 Å². The summed E-state index contributed by atoms with van der Waals surface area (Å²) in [6, 6.07) is 7.44. The van der Waals surface area contributed by atoms with Crippen LogP contribution in [-0.4, -0.2) is 23.0 Å². The largest absolute Gasteiger partial charge is 0.354 e. The van der Waals surface area contributed by atoms with Crippen molar-refractivity contribution in [1.29, 1.82) is 0 Å². The number of nitro groups is 1. The van der Waals surface area contributed by atoms with Gasteiger partial charge in [0, 0.05) is 24.2 Å². The molecule has 1 aliphatic carbocycles. The summed E-state index contributed by atoms with van der Waals surface area (Å²) in [4.78, 5) is 14.8. The number of non-ortho nitro benzene ring substituents is 1. The van der Waals surface area contributed by atoms with Crippen LogP contribution in [0, 0.1) is 10.1 Å². The first-order chi connectivity index (χ1) is 10.1. The fourth-order valence-electron chi connectivity index (χ4n) is 1.78. The maximum Gasteiger partial charge on any atom is 0.269 e. The molecule has 0 heterocycles. The number of nitrogens with one attached hydrogen (secondary N) is 2. The summed E-state index contributed by atoms with van der Waals surface area (Å²) < 4.78 is 0. The predicted molar refractivity (Wildman–Crippen MR) is 83.3 cm³/mol. The van der Waals surface area contributed by atoms with Gasteiger partial charge in [0.15, 0.2) is 5.96 Å². The molecular formula is C15H22N4O2. The highest BCUT2D eigenvalue weighted by atomic mass is 16.6. The smallest absolute Gasteiger partial charge is 0.269 e. The van der Waals surface area contributed by atoms with Gasteiger partial charge in [-0.15, -0.1) is 0 Å². The summed E-state index contributed by atoms with van der Waals surface area (Å²) >= 11 is 0. The molecule has 6 heteroatoms. The van der Waals surface area contributed by atoms with E-state index in [9.17, 15) is 10.1 Å². The van der Waals surface area contributed by atoms with Gasteiger partial charge in [0.2, 0.25) is 0 Å². The Morgan fingerprint density at radius 3 is 2.62 bits per heavy atom. The first kappa shape index (κ1) is 15.3. The number of nitrogens with zero attached hydrogens (tertiary/aromatic N) is 2. The lowest BCUT2D eigenvalue weighted by atomic mass is 10.2. The molecule has 2 N–H and O–H groups in total. The molecule has 0 aliphatic heterocycles. The van der Waals surface area contributed by atoms with Gasteiger partial charge >= 0.3 is 0 Å². The maximum atomic E-state index is 10.6. The van der Waals surface area contributed by atoms with Crippen molar-refractivity contribution in [3.05, 3.63) is 39.9 Å². The van der Waals surface area contributed by atoms with E-state index in [1.807, 2.05) is 0 Å². The van der Waals surface area contributed by atoms with Crippen molar-refractivity contribution in [2.45, 2.75) is 51.7 Å². The molecular weight excluding hydrogens is 268 g/mol. The van der Waals surface area contributed by atoms with Crippen LogP contribution in [0.2, 0.25) is 0 Å². The fraction of sp³-hybridized carbons (Fsp3) is 0.533. The Bertz CT molecular complexity index is 509. The minimum absolute atomic E-state index is 0.108. The van der Waals surface area contributed by atoms with E-state index < -0.39 is 4.92 Å². The summed E-state index contributed by atoms with van der Waals surface area (Å²) in [6.45, 7) is 4.76. The third kappa shape index (κ3) is 5.06. The molecule has 1 saturated carbocycles. The zero-order valence-electron chi connectivity index (χ0n) is 12.5. The second-order valence-corrected chi connectivity index (χ2v) is 5.46. The Labute approximate surface area is 124 Å². The van der Waals surface area contributed by atoms with Crippen LogP contribution in [0.5, 0.6) is 0 Å². The molecule has 1 unspecified atom stereocenters.